The average molecular weight is 427 g/mol. The normalized spacial score (nSPS) is 12.2. The number of rotatable bonds is 6. The van der Waals surface area contributed by atoms with Crippen molar-refractivity contribution in [2.24, 2.45) is 0 Å². The minimum absolute atomic E-state index is 0. The Morgan fingerprint density at radius 3 is 2.75 bits per heavy atom. The van der Waals surface area contributed by atoms with Gasteiger partial charge in [0.2, 0.25) is 5.91 Å². The van der Waals surface area contributed by atoms with Crippen LogP contribution in [-0.4, -0.2) is 36.6 Å². The molecule has 0 saturated carbocycles. The van der Waals surface area contributed by atoms with Crippen LogP contribution in [0.1, 0.15) is 17.5 Å². The monoisotopic (exact) mass is 426 g/mol. The molecule has 0 bridgehead atoms. The summed E-state index contributed by atoms with van der Waals surface area (Å²) in [5, 5.41) is 2.73. The summed E-state index contributed by atoms with van der Waals surface area (Å²) in [6, 6.07) is 9.25. The molecule has 7 nitrogen and oxygen atoms in total. The van der Waals surface area contributed by atoms with E-state index >= 15 is 0 Å². The highest BCUT2D eigenvalue weighted by Crippen LogP contribution is 2.31. The fourth-order valence-corrected chi connectivity index (χ4v) is 2.97. The number of halogens is 2. The van der Waals surface area contributed by atoms with Gasteiger partial charge in [-0.05, 0) is 42.2 Å². The standard InChI is InChI=1S/C19H22N4O3.2ClH/c20-16-6-1-7-17-15(16)5-3-9-23(17)19(25)13-26-12-18(24)22-11-14-4-2-8-21-10-14;;/h1-2,4,6-8,10H,3,5,9,11-13,20H2,(H,22,24);2*1H. The van der Waals surface area contributed by atoms with Gasteiger partial charge in [-0.2, -0.15) is 0 Å². The summed E-state index contributed by atoms with van der Waals surface area (Å²) in [6.07, 6.45) is 5.08. The van der Waals surface area contributed by atoms with Gasteiger partial charge >= 0.3 is 0 Å². The lowest BCUT2D eigenvalue weighted by Crippen LogP contribution is -2.39. The number of carbonyl (C=O) groups is 2. The van der Waals surface area contributed by atoms with Crippen molar-refractivity contribution in [2.75, 3.05) is 30.4 Å². The lowest BCUT2D eigenvalue weighted by atomic mass is 10.00. The zero-order chi connectivity index (χ0) is 18.4. The number of pyridine rings is 1. The first-order valence-corrected chi connectivity index (χ1v) is 8.56. The summed E-state index contributed by atoms with van der Waals surface area (Å²) < 4.78 is 5.29. The van der Waals surface area contributed by atoms with Gasteiger partial charge in [-0.15, -0.1) is 24.8 Å². The van der Waals surface area contributed by atoms with Crippen LogP contribution in [0.25, 0.3) is 0 Å². The Bertz CT molecular complexity index is 790. The molecule has 3 N–H and O–H groups in total. The molecule has 1 aliphatic rings. The van der Waals surface area contributed by atoms with Gasteiger partial charge in [-0.25, -0.2) is 0 Å². The minimum Gasteiger partial charge on any atom is -0.398 e. The Hall–Kier alpha value is -2.35. The molecule has 0 fully saturated rings. The molecule has 28 heavy (non-hydrogen) atoms. The SMILES string of the molecule is Cl.Cl.Nc1cccc2c1CCCN2C(=O)COCC(=O)NCc1cccnc1. The van der Waals surface area contributed by atoms with Crippen LogP contribution in [-0.2, 0) is 27.3 Å². The van der Waals surface area contributed by atoms with Crippen molar-refractivity contribution in [3.05, 3.63) is 53.9 Å². The lowest BCUT2D eigenvalue weighted by Gasteiger charge is -2.30. The Morgan fingerprint density at radius 2 is 2.00 bits per heavy atom. The quantitative estimate of drug-likeness (QED) is 0.689. The molecular weight excluding hydrogens is 403 g/mol. The van der Waals surface area contributed by atoms with Crippen molar-refractivity contribution in [1.29, 1.82) is 0 Å². The maximum atomic E-state index is 12.5. The fraction of sp³-hybridized carbons (Fsp3) is 0.316. The first-order valence-electron chi connectivity index (χ1n) is 8.56. The van der Waals surface area contributed by atoms with Crippen LogP contribution in [0.2, 0.25) is 0 Å². The van der Waals surface area contributed by atoms with E-state index in [1.54, 1.807) is 23.4 Å². The predicted octanol–water partition coefficient (Wildman–Crippen LogP) is 2.12. The van der Waals surface area contributed by atoms with E-state index in [-0.39, 0.29) is 49.8 Å². The van der Waals surface area contributed by atoms with Gasteiger partial charge in [0.25, 0.3) is 5.91 Å². The van der Waals surface area contributed by atoms with Gasteiger partial charge in [0.1, 0.15) is 13.2 Å². The Labute approximate surface area is 176 Å². The fourth-order valence-electron chi connectivity index (χ4n) is 2.97. The molecule has 1 aromatic heterocycles. The third-order valence-electron chi connectivity index (χ3n) is 4.26. The highest BCUT2D eigenvalue weighted by atomic mass is 35.5. The molecule has 0 unspecified atom stereocenters. The van der Waals surface area contributed by atoms with Crippen LogP contribution in [0.3, 0.4) is 0 Å². The zero-order valence-corrected chi connectivity index (χ0v) is 16.9. The second-order valence-corrected chi connectivity index (χ2v) is 6.12. The number of fused-ring (bicyclic) bond motifs is 1. The average Bonchev–Trinajstić information content (AvgIpc) is 2.67. The number of amides is 2. The number of carbonyl (C=O) groups excluding carboxylic acids is 2. The van der Waals surface area contributed by atoms with Gasteiger partial charge in [-0.3, -0.25) is 14.6 Å². The first-order chi connectivity index (χ1) is 12.6. The third kappa shape index (κ3) is 6.09. The summed E-state index contributed by atoms with van der Waals surface area (Å²) in [4.78, 5) is 29.9. The van der Waals surface area contributed by atoms with Gasteiger partial charge < -0.3 is 20.7 Å². The number of nitrogens with one attached hydrogen (secondary N) is 1. The van der Waals surface area contributed by atoms with Crippen molar-refractivity contribution in [3.63, 3.8) is 0 Å². The maximum Gasteiger partial charge on any atom is 0.253 e. The number of hydrogen-bond donors (Lipinski definition) is 2. The van der Waals surface area contributed by atoms with E-state index in [1.807, 2.05) is 24.3 Å². The van der Waals surface area contributed by atoms with Crippen molar-refractivity contribution in [3.8, 4) is 0 Å². The summed E-state index contributed by atoms with van der Waals surface area (Å²) in [5.74, 6) is -0.443. The number of benzene rings is 1. The van der Waals surface area contributed by atoms with E-state index < -0.39 is 0 Å². The van der Waals surface area contributed by atoms with Crippen molar-refractivity contribution >= 4 is 48.0 Å². The molecular formula is C19H24Cl2N4O3. The number of nitrogens with two attached hydrogens (primary N) is 1. The molecule has 2 aromatic rings. The largest absolute Gasteiger partial charge is 0.398 e. The van der Waals surface area contributed by atoms with Crippen LogP contribution >= 0.6 is 24.8 Å². The van der Waals surface area contributed by atoms with E-state index in [9.17, 15) is 9.59 Å². The number of hydrogen-bond acceptors (Lipinski definition) is 5. The summed E-state index contributed by atoms with van der Waals surface area (Å²) in [5.41, 5.74) is 9.44. The van der Waals surface area contributed by atoms with Crippen LogP contribution in [0.5, 0.6) is 0 Å². The van der Waals surface area contributed by atoms with Crippen LogP contribution in [0, 0.1) is 0 Å². The second kappa shape index (κ2) is 11.5. The predicted molar refractivity (Wildman–Crippen MR) is 113 cm³/mol. The molecule has 2 heterocycles. The summed E-state index contributed by atoms with van der Waals surface area (Å²) >= 11 is 0. The molecule has 0 spiro atoms. The second-order valence-electron chi connectivity index (χ2n) is 6.12. The molecule has 0 aliphatic carbocycles. The molecule has 0 radical (unpaired) electrons. The number of nitrogens with zero attached hydrogens (tertiary/aromatic N) is 2. The Kier molecular flexibility index (Phi) is 9.72. The van der Waals surface area contributed by atoms with Crippen molar-refractivity contribution < 1.29 is 14.3 Å². The first kappa shape index (κ1) is 23.7. The molecule has 2 amide bonds. The molecule has 1 aliphatic heterocycles. The van der Waals surface area contributed by atoms with Gasteiger partial charge in [0, 0.05) is 36.9 Å². The van der Waals surface area contributed by atoms with E-state index in [2.05, 4.69) is 10.3 Å². The van der Waals surface area contributed by atoms with Gasteiger partial charge in [-0.1, -0.05) is 12.1 Å². The van der Waals surface area contributed by atoms with Crippen LogP contribution in [0.4, 0.5) is 11.4 Å². The van der Waals surface area contributed by atoms with Crippen molar-refractivity contribution in [1.82, 2.24) is 10.3 Å². The van der Waals surface area contributed by atoms with Gasteiger partial charge in [0.05, 0.1) is 0 Å². The van der Waals surface area contributed by atoms with E-state index in [1.165, 1.54) is 0 Å². The minimum atomic E-state index is -0.273. The van der Waals surface area contributed by atoms with Crippen molar-refractivity contribution in [2.45, 2.75) is 19.4 Å². The van der Waals surface area contributed by atoms with Gasteiger partial charge in [0.15, 0.2) is 0 Å². The van der Waals surface area contributed by atoms with E-state index in [4.69, 9.17) is 10.5 Å². The molecule has 9 heteroatoms. The summed E-state index contributed by atoms with van der Waals surface area (Å²) in [6.45, 7) is 0.701. The number of aromatic nitrogens is 1. The molecule has 3 rings (SSSR count). The third-order valence-corrected chi connectivity index (χ3v) is 4.26. The smallest absolute Gasteiger partial charge is 0.253 e. The molecule has 1 aromatic carbocycles. The number of anilines is 2. The molecule has 152 valence electrons. The lowest BCUT2D eigenvalue weighted by molar-refractivity contribution is -0.129. The van der Waals surface area contributed by atoms with E-state index in [0.717, 1.165) is 29.7 Å². The van der Waals surface area contributed by atoms with Crippen LogP contribution < -0.4 is 16.0 Å². The summed E-state index contributed by atoms with van der Waals surface area (Å²) in [7, 11) is 0. The number of ether oxygens (including phenoxy) is 1. The Balaban J connectivity index is 0.00000196. The molecule has 0 atom stereocenters. The zero-order valence-electron chi connectivity index (χ0n) is 15.3. The maximum absolute atomic E-state index is 12.5. The van der Waals surface area contributed by atoms with E-state index in [0.29, 0.717) is 18.8 Å². The van der Waals surface area contributed by atoms with Crippen LogP contribution in [0.15, 0.2) is 42.7 Å². The molecule has 0 saturated heterocycles. The Morgan fingerprint density at radius 1 is 1.18 bits per heavy atom. The highest BCUT2D eigenvalue weighted by Gasteiger charge is 2.23. The topological polar surface area (TPSA) is 97.5 Å². The highest BCUT2D eigenvalue weighted by molar-refractivity contribution is 5.96. The number of nitrogen functional groups attached to an aromatic ring is 1.